The first-order valence-electron chi connectivity index (χ1n) is 9.23. The lowest BCUT2D eigenvalue weighted by atomic mass is 9.95. The average molecular weight is 383 g/mol. The van der Waals surface area contributed by atoms with Crippen LogP contribution in [0.15, 0.2) is 54.6 Å². The minimum atomic E-state index is -1.04. The summed E-state index contributed by atoms with van der Waals surface area (Å²) >= 11 is 0. The molecule has 0 unspecified atom stereocenters. The summed E-state index contributed by atoms with van der Waals surface area (Å²) in [6, 6.07) is 17.5. The van der Waals surface area contributed by atoms with Gasteiger partial charge in [0.25, 0.3) is 0 Å². The van der Waals surface area contributed by atoms with E-state index >= 15 is 0 Å². The van der Waals surface area contributed by atoms with Gasteiger partial charge in [0, 0.05) is 12.5 Å². The Hall–Kier alpha value is -3.15. The third kappa shape index (κ3) is 6.87. The van der Waals surface area contributed by atoms with Crippen LogP contribution in [0.1, 0.15) is 31.7 Å². The van der Waals surface area contributed by atoms with Crippen molar-refractivity contribution in [2.24, 2.45) is 5.92 Å². The fourth-order valence-electron chi connectivity index (χ4n) is 2.99. The first-order chi connectivity index (χ1) is 13.3. The molecule has 0 aliphatic heterocycles. The Morgan fingerprint density at radius 2 is 1.50 bits per heavy atom. The van der Waals surface area contributed by atoms with E-state index in [0.717, 1.165) is 16.7 Å². The average Bonchev–Trinajstić information content (AvgIpc) is 2.67. The monoisotopic (exact) mass is 383 g/mol. The fourth-order valence-corrected chi connectivity index (χ4v) is 2.99. The normalized spacial score (nSPS) is 12.8. The third-order valence-electron chi connectivity index (χ3n) is 4.53. The number of carboxylic acids is 2. The molecule has 3 N–H and O–H groups in total. The van der Waals surface area contributed by atoms with E-state index < -0.39 is 17.9 Å². The summed E-state index contributed by atoms with van der Waals surface area (Å²) in [6.07, 6.45) is 0.374. The van der Waals surface area contributed by atoms with E-state index in [2.05, 4.69) is 5.32 Å². The van der Waals surface area contributed by atoms with Crippen LogP contribution >= 0.6 is 0 Å². The molecule has 0 fully saturated rings. The first-order valence-corrected chi connectivity index (χ1v) is 9.23. The molecule has 0 radical (unpaired) electrons. The zero-order chi connectivity index (χ0) is 20.5. The minimum absolute atomic E-state index is 0.125. The number of nitrogens with one attached hydrogen (secondary N) is 1. The number of hydrogen-bond acceptors (Lipinski definition) is 3. The summed E-state index contributed by atoms with van der Waals surface area (Å²) in [5, 5.41) is 20.7. The lowest BCUT2D eigenvalue weighted by Crippen LogP contribution is -2.38. The molecule has 148 valence electrons. The molecule has 0 aliphatic carbocycles. The van der Waals surface area contributed by atoms with Crippen LogP contribution < -0.4 is 5.32 Å². The molecule has 0 saturated heterocycles. The number of hydrogen-bond donors (Lipinski definition) is 3. The number of amides is 1. The Labute approximate surface area is 164 Å². The van der Waals surface area contributed by atoms with Gasteiger partial charge >= 0.3 is 11.9 Å². The number of carbonyl (C=O) groups is 3. The molecule has 1 amide bonds. The van der Waals surface area contributed by atoms with E-state index in [1.54, 1.807) is 6.92 Å². The second-order valence-electron chi connectivity index (χ2n) is 6.90. The second-order valence-corrected chi connectivity index (χ2v) is 6.90. The first kappa shape index (κ1) is 21.2. The van der Waals surface area contributed by atoms with Crippen molar-refractivity contribution >= 4 is 17.8 Å². The van der Waals surface area contributed by atoms with Gasteiger partial charge in [-0.25, -0.2) is 0 Å². The van der Waals surface area contributed by atoms with Crippen LogP contribution in [0.5, 0.6) is 0 Å². The maximum Gasteiger partial charge on any atom is 0.306 e. The summed E-state index contributed by atoms with van der Waals surface area (Å²) in [5.74, 6) is -2.97. The van der Waals surface area contributed by atoms with Gasteiger partial charge in [0.1, 0.15) is 0 Å². The summed E-state index contributed by atoms with van der Waals surface area (Å²) in [6.45, 7) is 1.59. The van der Waals surface area contributed by atoms with Gasteiger partial charge in [-0.2, -0.15) is 0 Å². The van der Waals surface area contributed by atoms with Crippen LogP contribution in [0.2, 0.25) is 0 Å². The Morgan fingerprint density at radius 3 is 2.07 bits per heavy atom. The zero-order valence-corrected chi connectivity index (χ0v) is 15.8. The van der Waals surface area contributed by atoms with Crippen LogP contribution in [0.3, 0.4) is 0 Å². The molecule has 28 heavy (non-hydrogen) atoms. The fraction of sp³-hybridized carbons (Fsp3) is 0.318. The van der Waals surface area contributed by atoms with Gasteiger partial charge in [-0.1, -0.05) is 61.5 Å². The van der Waals surface area contributed by atoms with Crippen LogP contribution in [-0.4, -0.2) is 34.1 Å². The predicted molar refractivity (Wildman–Crippen MR) is 106 cm³/mol. The Balaban J connectivity index is 2.06. The van der Waals surface area contributed by atoms with Crippen LogP contribution in [0, 0.1) is 5.92 Å². The van der Waals surface area contributed by atoms with E-state index in [1.165, 1.54) is 0 Å². The van der Waals surface area contributed by atoms with E-state index in [-0.39, 0.29) is 31.2 Å². The van der Waals surface area contributed by atoms with Gasteiger partial charge in [-0.05, 0) is 29.5 Å². The van der Waals surface area contributed by atoms with Gasteiger partial charge in [0.15, 0.2) is 0 Å². The third-order valence-corrected chi connectivity index (χ3v) is 4.53. The Bertz CT molecular complexity index is 801. The second kappa shape index (κ2) is 10.3. The van der Waals surface area contributed by atoms with Gasteiger partial charge in [0.2, 0.25) is 5.91 Å². The van der Waals surface area contributed by atoms with Crippen LogP contribution in [0.25, 0.3) is 11.1 Å². The lowest BCUT2D eigenvalue weighted by Gasteiger charge is -2.21. The summed E-state index contributed by atoms with van der Waals surface area (Å²) in [7, 11) is 0. The standard InChI is InChI=1S/C22H25NO5/c1-15(22(27)28)13-19(23-20(24)11-12-21(25)26)14-16-7-9-18(10-8-16)17-5-3-2-4-6-17/h2-10,15,19H,11-14H2,1H3,(H,23,24)(H,25,26)(H,27,28)/t15-,19+/m1/s1. The molecular formula is C22H25NO5. The molecule has 0 aliphatic rings. The highest BCUT2D eigenvalue weighted by Gasteiger charge is 2.20. The Kier molecular flexibility index (Phi) is 7.75. The van der Waals surface area contributed by atoms with Crippen molar-refractivity contribution in [3.8, 4) is 11.1 Å². The van der Waals surface area contributed by atoms with Crippen molar-refractivity contribution in [3.05, 3.63) is 60.2 Å². The van der Waals surface area contributed by atoms with Crippen molar-refractivity contribution in [1.82, 2.24) is 5.32 Å². The molecule has 2 aromatic rings. The molecule has 2 aromatic carbocycles. The molecular weight excluding hydrogens is 358 g/mol. The number of rotatable bonds is 10. The molecule has 2 rings (SSSR count). The maximum absolute atomic E-state index is 12.0. The molecule has 0 aromatic heterocycles. The molecule has 0 spiro atoms. The molecule has 0 saturated carbocycles. The predicted octanol–water partition coefficient (Wildman–Crippen LogP) is 3.36. The maximum atomic E-state index is 12.0. The number of carbonyl (C=O) groups excluding carboxylic acids is 1. The SMILES string of the molecule is C[C@H](C[C@@H](Cc1ccc(-c2ccccc2)cc1)NC(=O)CCC(=O)O)C(=O)O. The zero-order valence-electron chi connectivity index (χ0n) is 15.8. The molecule has 6 nitrogen and oxygen atoms in total. The van der Waals surface area contributed by atoms with Gasteiger partial charge in [-0.15, -0.1) is 0 Å². The highest BCUT2D eigenvalue weighted by Crippen LogP contribution is 2.20. The van der Waals surface area contributed by atoms with Crippen molar-refractivity contribution in [2.45, 2.75) is 38.6 Å². The summed E-state index contributed by atoms with van der Waals surface area (Å²) < 4.78 is 0. The highest BCUT2D eigenvalue weighted by atomic mass is 16.4. The Morgan fingerprint density at radius 1 is 0.893 bits per heavy atom. The van der Waals surface area contributed by atoms with E-state index in [1.807, 2.05) is 54.6 Å². The van der Waals surface area contributed by atoms with E-state index in [9.17, 15) is 19.5 Å². The van der Waals surface area contributed by atoms with Gasteiger partial charge in [0.05, 0.1) is 12.3 Å². The van der Waals surface area contributed by atoms with Crippen molar-refractivity contribution in [3.63, 3.8) is 0 Å². The van der Waals surface area contributed by atoms with Crippen molar-refractivity contribution in [2.75, 3.05) is 0 Å². The minimum Gasteiger partial charge on any atom is -0.481 e. The smallest absolute Gasteiger partial charge is 0.306 e. The lowest BCUT2D eigenvalue weighted by molar-refractivity contribution is -0.141. The topological polar surface area (TPSA) is 104 Å². The number of benzene rings is 2. The van der Waals surface area contributed by atoms with Crippen LogP contribution in [-0.2, 0) is 20.8 Å². The summed E-state index contributed by atoms with van der Waals surface area (Å²) in [5.41, 5.74) is 3.15. The molecule has 0 heterocycles. The van der Waals surface area contributed by atoms with Crippen molar-refractivity contribution < 1.29 is 24.6 Å². The molecule has 0 bridgehead atoms. The van der Waals surface area contributed by atoms with Gasteiger partial charge < -0.3 is 15.5 Å². The summed E-state index contributed by atoms with van der Waals surface area (Å²) in [4.78, 5) is 33.9. The number of carboxylic acid groups (broad SMARTS) is 2. The van der Waals surface area contributed by atoms with Crippen LogP contribution in [0.4, 0.5) is 0 Å². The van der Waals surface area contributed by atoms with Gasteiger partial charge in [-0.3, -0.25) is 14.4 Å². The number of aliphatic carboxylic acids is 2. The van der Waals surface area contributed by atoms with Crippen molar-refractivity contribution in [1.29, 1.82) is 0 Å². The van der Waals surface area contributed by atoms with E-state index in [4.69, 9.17) is 5.11 Å². The molecule has 2 atom stereocenters. The quantitative estimate of drug-likeness (QED) is 0.584. The highest BCUT2D eigenvalue weighted by molar-refractivity contribution is 5.81. The largest absolute Gasteiger partial charge is 0.481 e. The molecule has 6 heteroatoms. The van der Waals surface area contributed by atoms with E-state index in [0.29, 0.717) is 6.42 Å².